The van der Waals surface area contributed by atoms with Gasteiger partial charge in [0.1, 0.15) is 0 Å². The van der Waals surface area contributed by atoms with Gasteiger partial charge in [-0.1, -0.05) is 45.0 Å². The van der Waals surface area contributed by atoms with Crippen molar-refractivity contribution in [3.8, 4) is 0 Å². The number of fused-ring (bicyclic) bond motifs is 1. The van der Waals surface area contributed by atoms with Gasteiger partial charge in [0.2, 0.25) is 5.91 Å². The lowest BCUT2D eigenvalue weighted by molar-refractivity contribution is -0.130. The van der Waals surface area contributed by atoms with Crippen molar-refractivity contribution in [2.24, 2.45) is 17.6 Å². The van der Waals surface area contributed by atoms with E-state index in [0.29, 0.717) is 36.1 Å². The molecule has 0 spiro atoms. The van der Waals surface area contributed by atoms with Crippen molar-refractivity contribution in [1.82, 2.24) is 4.90 Å². The van der Waals surface area contributed by atoms with Gasteiger partial charge in [-0.05, 0) is 47.6 Å². The first-order chi connectivity index (χ1) is 11.0. The number of carbonyl (C=O) groups excluding carboxylic acids is 1. The Balaban J connectivity index is 1.57. The van der Waals surface area contributed by atoms with E-state index in [2.05, 4.69) is 49.9 Å². The van der Waals surface area contributed by atoms with Crippen molar-refractivity contribution in [2.45, 2.75) is 57.9 Å². The zero-order chi connectivity index (χ0) is 16.6. The number of nitrogens with zero attached hydrogens (tertiary/aromatic N) is 1. The number of hydrogen-bond acceptors (Lipinski definition) is 2. The minimum atomic E-state index is 0.276. The summed E-state index contributed by atoms with van der Waals surface area (Å²) in [7, 11) is 0. The van der Waals surface area contributed by atoms with Gasteiger partial charge in [-0.25, -0.2) is 0 Å². The predicted octanol–water partition coefficient (Wildman–Crippen LogP) is 3.50. The molecular weight excluding hydrogens is 284 g/mol. The lowest BCUT2D eigenvalue weighted by Gasteiger charge is -2.21. The summed E-state index contributed by atoms with van der Waals surface area (Å²) in [5.74, 6) is 2.31. The fourth-order valence-electron chi connectivity index (χ4n) is 4.23. The molecule has 0 bridgehead atoms. The van der Waals surface area contributed by atoms with Crippen LogP contribution in [0.25, 0.3) is 0 Å². The van der Waals surface area contributed by atoms with Crippen LogP contribution in [0, 0.1) is 11.8 Å². The molecule has 1 saturated heterocycles. The fourth-order valence-corrected chi connectivity index (χ4v) is 4.23. The van der Waals surface area contributed by atoms with E-state index in [0.717, 1.165) is 19.5 Å². The van der Waals surface area contributed by atoms with E-state index in [4.69, 9.17) is 5.73 Å². The Morgan fingerprint density at radius 2 is 1.78 bits per heavy atom. The van der Waals surface area contributed by atoms with E-state index in [1.165, 1.54) is 17.5 Å². The smallest absolute Gasteiger partial charge is 0.223 e. The topological polar surface area (TPSA) is 46.3 Å². The highest BCUT2D eigenvalue weighted by Gasteiger charge is 2.42. The maximum atomic E-state index is 12.6. The molecule has 1 heterocycles. The summed E-state index contributed by atoms with van der Waals surface area (Å²) < 4.78 is 0. The van der Waals surface area contributed by atoms with Crippen LogP contribution in [0.5, 0.6) is 0 Å². The third kappa shape index (κ3) is 3.45. The lowest BCUT2D eigenvalue weighted by Crippen LogP contribution is -2.33. The second-order valence-electron chi connectivity index (χ2n) is 7.89. The van der Waals surface area contributed by atoms with Crippen LogP contribution in [0.3, 0.4) is 0 Å². The van der Waals surface area contributed by atoms with Crippen LogP contribution in [0.15, 0.2) is 24.3 Å². The molecule has 2 aliphatic rings. The molecule has 2 fully saturated rings. The molecule has 126 valence electrons. The van der Waals surface area contributed by atoms with Crippen LogP contribution >= 0.6 is 0 Å². The maximum absolute atomic E-state index is 12.6. The molecule has 4 unspecified atom stereocenters. The van der Waals surface area contributed by atoms with E-state index in [1.54, 1.807) is 0 Å². The number of benzene rings is 1. The minimum Gasteiger partial charge on any atom is -0.342 e. The summed E-state index contributed by atoms with van der Waals surface area (Å²) in [4.78, 5) is 14.7. The highest BCUT2D eigenvalue weighted by Crippen LogP contribution is 2.37. The number of nitrogens with two attached hydrogens (primary N) is 1. The van der Waals surface area contributed by atoms with Crippen molar-refractivity contribution in [3.05, 3.63) is 35.4 Å². The van der Waals surface area contributed by atoms with Gasteiger partial charge in [0.05, 0.1) is 0 Å². The third-order valence-electron chi connectivity index (χ3n) is 5.92. The van der Waals surface area contributed by atoms with Crippen LogP contribution in [-0.2, 0) is 4.79 Å². The van der Waals surface area contributed by atoms with Crippen molar-refractivity contribution in [2.75, 3.05) is 13.1 Å². The van der Waals surface area contributed by atoms with Gasteiger partial charge in [-0.3, -0.25) is 4.79 Å². The summed E-state index contributed by atoms with van der Waals surface area (Å²) in [5.41, 5.74) is 8.79. The maximum Gasteiger partial charge on any atom is 0.223 e. The van der Waals surface area contributed by atoms with Crippen molar-refractivity contribution >= 4 is 5.91 Å². The average Bonchev–Trinajstić information content (AvgIpc) is 3.10. The van der Waals surface area contributed by atoms with Gasteiger partial charge in [0.25, 0.3) is 0 Å². The highest BCUT2D eigenvalue weighted by atomic mass is 16.2. The Bertz CT molecular complexity index is 551. The molecule has 1 aromatic carbocycles. The zero-order valence-electron chi connectivity index (χ0n) is 14.7. The largest absolute Gasteiger partial charge is 0.342 e. The van der Waals surface area contributed by atoms with E-state index in [9.17, 15) is 4.79 Å². The summed E-state index contributed by atoms with van der Waals surface area (Å²) in [5, 5.41) is 0. The van der Waals surface area contributed by atoms with Crippen molar-refractivity contribution in [1.29, 1.82) is 0 Å². The Labute approximate surface area is 140 Å². The molecule has 1 saturated carbocycles. The number of amides is 1. The molecule has 0 aromatic heterocycles. The molecule has 4 atom stereocenters. The van der Waals surface area contributed by atoms with Crippen LogP contribution < -0.4 is 5.73 Å². The predicted molar refractivity (Wildman–Crippen MR) is 94.3 cm³/mol. The molecule has 1 aliphatic carbocycles. The number of rotatable bonds is 4. The van der Waals surface area contributed by atoms with E-state index in [-0.39, 0.29) is 5.92 Å². The SMILES string of the molecule is CC(C)c1ccc(C(C)CC(=O)N2CC3CCC(N)C3C2)cc1. The number of carbonyl (C=O) groups is 1. The van der Waals surface area contributed by atoms with Crippen LogP contribution in [0.4, 0.5) is 0 Å². The van der Waals surface area contributed by atoms with Crippen LogP contribution in [0.2, 0.25) is 0 Å². The van der Waals surface area contributed by atoms with Gasteiger partial charge in [0, 0.05) is 25.6 Å². The summed E-state index contributed by atoms with van der Waals surface area (Å²) in [6, 6.07) is 9.06. The molecule has 2 N–H and O–H groups in total. The summed E-state index contributed by atoms with van der Waals surface area (Å²) >= 11 is 0. The first-order valence-electron chi connectivity index (χ1n) is 9.09. The van der Waals surface area contributed by atoms with Crippen LogP contribution in [0.1, 0.15) is 63.0 Å². The van der Waals surface area contributed by atoms with Crippen LogP contribution in [-0.4, -0.2) is 29.9 Å². The van der Waals surface area contributed by atoms with E-state index >= 15 is 0 Å². The van der Waals surface area contributed by atoms with E-state index in [1.807, 2.05) is 0 Å². The molecule has 23 heavy (non-hydrogen) atoms. The highest BCUT2D eigenvalue weighted by molar-refractivity contribution is 5.77. The quantitative estimate of drug-likeness (QED) is 0.924. The first kappa shape index (κ1) is 16.5. The Hall–Kier alpha value is -1.35. The van der Waals surface area contributed by atoms with Gasteiger partial charge in [-0.2, -0.15) is 0 Å². The Morgan fingerprint density at radius 3 is 2.39 bits per heavy atom. The van der Waals surface area contributed by atoms with Gasteiger partial charge in [0.15, 0.2) is 0 Å². The molecule has 0 radical (unpaired) electrons. The molecule has 1 aromatic rings. The monoisotopic (exact) mass is 314 g/mol. The minimum absolute atomic E-state index is 0.276. The molecular formula is C20H30N2O. The second-order valence-corrected chi connectivity index (χ2v) is 7.89. The standard InChI is InChI=1S/C20H30N2O/c1-13(2)15-4-6-16(7-5-15)14(3)10-20(23)22-11-17-8-9-19(21)18(17)12-22/h4-7,13-14,17-19H,8-12,21H2,1-3H3. The molecule has 3 rings (SSSR count). The molecule has 3 heteroatoms. The number of hydrogen-bond donors (Lipinski definition) is 1. The van der Waals surface area contributed by atoms with Crippen molar-refractivity contribution < 1.29 is 4.79 Å². The fraction of sp³-hybridized carbons (Fsp3) is 0.650. The molecule has 3 nitrogen and oxygen atoms in total. The summed E-state index contributed by atoms with van der Waals surface area (Å²) in [6.45, 7) is 8.37. The second kappa shape index (κ2) is 6.64. The zero-order valence-corrected chi connectivity index (χ0v) is 14.7. The third-order valence-corrected chi connectivity index (χ3v) is 5.92. The Morgan fingerprint density at radius 1 is 1.13 bits per heavy atom. The van der Waals surface area contributed by atoms with Gasteiger partial charge >= 0.3 is 0 Å². The normalized spacial score (nSPS) is 28.2. The molecule has 1 aliphatic heterocycles. The van der Waals surface area contributed by atoms with Gasteiger partial charge in [-0.15, -0.1) is 0 Å². The van der Waals surface area contributed by atoms with E-state index < -0.39 is 0 Å². The Kier molecular flexibility index (Phi) is 4.77. The van der Waals surface area contributed by atoms with Gasteiger partial charge < -0.3 is 10.6 Å². The van der Waals surface area contributed by atoms with Crippen molar-refractivity contribution in [3.63, 3.8) is 0 Å². The number of likely N-dealkylation sites (tertiary alicyclic amines) is 1. The molecule has 1 amide bonds. The lowest BCUT2D eigenvalue weighted by atomic mass is 9.94. The first-order valence-corrected chi connectivity index (χ1v) is 9.09. The average molecular weight is 314 g/mol. The summed E-state index contributed by atoms with van der Waals surface area (Å²) in [6.07, 6.45) is 2.94.